The van der Waals surface area contributed by atoms with Crippen LogP contribution in [0.3, 0.4) is 0 Å². The summed E-state index contributed by atoms with van der Waals surface area (Å²) in [5.41, 5.74) is 1.43. The maximum Gasteiger partial charge on any atom is 0.0226 e. The molecule has 0 aromatic heterocycles. The van der Waals surface area contributed by atoms with Crippen molar-refractivity contribution in [2.75, 3.05) is 0 Å². The van der Waals surface area contributed by atoms with E-state index in [1.165, 1.54) is 30.4 Å². The summed E-state index contributed by atoms with van der Waals surface area (Å²) in [6, 6.07) is 8.57. The van der Waals surface area contributed by atoms with E-state index in [4.69, 9.17) is 5.14 Å². The normalized spacial score (nSPS) is 10.8. The Morgan fingerprint density at radius 2 is 1.69 bits per heavy atom. The molecule has 0 unspecified atom stereocenters. The highest BCUT2D eigenvalue weighted by atomic mass is 32.2. The predicted octanol–water partition coefficient (Wildman–Crippen LogP) is 3.56. The highest BCUT2D eigenvalue weighted by Crippen LogP contribution is 2.24. The molecule has 0 atom stereocenters. The van der Waals surface area contributed by atoms with E-state index in [0.717, 1.165) is 4.90 Å². The van der Waals surface area contributed by atoms with Crippen molar-refractivity contribution >= 4 is 11.9 Å². The van der Waals surface area contributed by atoms with Crippen LogP contribution in [-0.4, -0.2) is 0 Å². The lowest BCUT2D eigenvalue weighted by molar-refractivity contribution is 0.641. The molecule has 0 fully saturated rings. The second-order valence-corrected chi connectivity index (χ2v) is 3.91. The summed E-state index contributed by atoms with van der Waals surface area (Å²) in [5, 5.41) is 5.46. The summed E-state index contributed by atoms with van der Waals surface area (Å²) in [5.74, 6) is 0.705. The summed E-state index contributed by atoms with van der Waals surface area (Å²) in [4.78, 5) is 1.13. The summed E-state index contributed by atoms with van der Waals surface area (Å²) in [6.07, 6.45) is 2.43. The molecule has 0 aliphatic heterocycles. The largest absolute Gasteiger partial charge is 0.274 e. The van der Waals surface area contributed by atoms with Crippen LogP contribution < -0.4 is 5.14 Å². The van der Waals surface area contributed by atoms with Gasteiger partial charge in [0.05, 0.1) is 0 Å². The Balaban J connectivity index is 2.78. The van der Waals surface area contributed by atoms with Gasteiger partial charge in [0.25, 0.3) is 0 Å². The van der Waals surface area contributed by atoms with Crippen molar-refractivity contribution < 1.29 is 0 Å². The van der Waals surface area contributed by atoms with Crippen molar-refractivity contribution in [3.8, 4) is 0 Å². The van der Waals surface area contributed by atoms with E-state index in [1.54, 1.807) is 0 Å². The average Bonchev–Trinajstić information content (AvgIpc) is 2.21. The van der Waals surface area contributed by atoms with Gasteiger partial charge in [0.15, 0.2) is 0 Å². The van der Waals surface area contributed by atoms with Crippen LogP contribution in [0, 0.1) is 0 Å². The number of hydrogen-bond acceptors (Lipinski definition) is 2. The first-order chi connectivity index (χ1) is 6.31. The number of rotatable bonds is 4. The lowest BCUT2D eigenvalue weighted by Crippen LogP contribution is -1.94. The Morgan fingerprint density at radius 1 is 1.15 bits per heavy atom. The summed E-state index contributed by atoms with van der Waals surface area (Å²) >= 11 is 1.30. The minimum Gasteiger partial charge on any atom is -0.274 e. The van der Waals surface area contributed by atoms with Crippen LogP contribution in [0.2, 0.25) is 0 Å². The zero-order valence-electron chi connectivity index (χ0n) is 8.29. The van der Waals surface area contributed by atoms with Gasteiger partial charge in [-0.25, -0.2) is 0 Å². The number of nitrogens with two attached hydrogens (primary N) is 1. The molecule has 0 aliphatic carbocycles. The van der Waals surface area contributed by atoms with Crippen molar-refractivity contribution in [3.63, 3.8) is 0 Å². The molecule has 1 aromatic carbocycles. The highest BCUT2D eigenvalue weighted by molar-refractivity contribution is 7.97. The SMILES string of the molecule is CCC(CC)c1ccc(SN)cc1. The molecule has 0 spiro atoms. The molecule has 2 N–H and O–H groups in total. The van der Waals surface area contributed by atoms with Gasteiger partial charge >= 0.3 is 0 Å². The summed E-state index contributed by atoms with van der Waals surface area (Å²) in [7, 11) is 0. The molecule has 2 heteroatoms. The van der Waals surface area contributed by atoms with E-state index in [9.17, 15) is 0 Å². The lowest BCUT2D eigenvalue weighted by atomic mass is 9.94. The second kappa shape index (κ2) is 5.30. The average molecular weight is 195 g/mol. The molecule has 1 rings (SSSR count). The highest BCUT2D eigenvalue weighted by Gasteiger charge is 2.05. The van der Waals surface area contributed by atoms with E-state index in [1.807, 2.05) is 0 Å². The Labute approximate surface area is 84.9 Å². The van der Waals surface area contributed by atoms with Crippen LogP contribution in [0.4, 0.5) is 0 Å². The van der Waals surface area contributed by atoms with Gasteiger partial charge < -0.3 is 0 Å². The van der Waals surface area contributed by atoms with Crippen LogP contribution >= 0.6 is 11.9 Å². The first kappa shape index (κ1) is 10.6. The smallest absolute Gasteiger partial charge is 0.0226 e. The molecule has 0 saturated heterocycles. The maximum atomic E-state index is 5.46. The van der Waals surface area contributed by atoms with Gasteiger partial charge in [-0.2, -0.15) is 0 Å². The van der Waals surface area contributed by atoms with Crippen molar-refractivity contribution in [2.24, 2.45) is 5.14 Å². The third kappa shape index (κ3) is 2.75. The van der Waals surface area contributed by atoms with Crippen LogP contribution in [-0.2, 0) is 0 Å². The molecule has 0 saturated carbocycles. The molecule has 72 valence electrons. The zero-order valence-corrected chi connectivity index (χ0v) is 9.10. The van der Waals surface area contributed by atoms with Gasteiger partial charge in [-0.1, -0.05) is 26.0 Å². The van der Waals surface area contributed by atoms with Crippen molar-refractivity contribution in [3.05, 3.63) is 29.8 Å². The van der Waals surface area contributed by atoms with Crippen LogP contribution in [0.25, 0.3) is 0 Å². The topological polar surface area (TPSA) is 26.0 Å². The second-order valence-electron chi connectivity index (χ2n) is 3.20. The van der Waals surface area contributed by atoms with E-state index in [2.05, 4.69) is 38.1 Å². The third-order valence-electron chi connectivity index (χ3n) is 2.47. The molecular formula is C11H17NS. The van der Waals surface area contributed by atoms with Gasteiger partial charge in [0.2, 0.25) is 0 Å². The fourth-order valence-corrected chi connectivity index (χ4v) is 1.87. The number of benzene rings is 1. The summed E-state index contributed by atoms with van der Waals surface area (Å²) in [6.45, 7) is 4.47. The molecule has 13 heavy (non-hydrogen) atoms. The van der Waals surface area contributed by atoms with Crippen LogP contribution in [0.15, 0.2) is 29.2 Å². The monoisotopic (exact) mass is 195 g/mol. The molecule has 0 radical (unpaired) electrons. The van der Waals surface area contributed by atoms with Crippen LogP contribution in [0.1, 0.15) is 38.2 Å². The molecule has 0 heterocycles. The summed E-state index contributed by atoms with van der Waals surface area (Å²) < 4.78 is 0. The fraction of sp³-hybridized carbons (Fsp3) is 0.455. The molecule has 0 amide bonds. The van der Waals surface area contributed by atoms with Crippen molar-refractivity contribution in [1.82, 2.24) is 0 Å². The maximum absolute atomic E-state index is 5.46. The third-order valence-corrected chi connectivity index (χ3v) is 3.02. The van der Waals surface area contributed by atoms with Gasteiger partial charge in [-0.3, -0.25) is 5.14 Å². The first-order valence-electron chi connectivity index (χ1n) is 4.78. The Hall–Kier alpha value is -0.470. The minimum absolute atomic E-state index is 0.705. The van der Waals surface area contributed by atoms with Gasteiger partial charge in [0.1, 0.15) is 0 Å². The van der Waals surface area contributed by atoms with Crippen LogP contribution in [0.5, 0.6) is 0 Å². The minimum atomic E-state index is 0.705. The quantitative estimate of drug-likeness (QED) is 0.743. The van der Waals surface area contributed by atoms with E-state index >= 15 is 0 Å². The number of hydrogen-bond donors (Lipinski definition) is 1. The fourth-order valence-electron chi connectivity index (χ4n) is 1.58. The van der Waals surface area contributed by atoms with Gasteiger partial charge in [0, 0.05) is 4.90 Å². The Kier molecular flexibility index (Phi) is 4.33. The Bertz CT molecular complexity index is 239. The molecule has 1 aromatic rings. The van der Waals surface area contributed by atoms with Gasteiger partial charge in [-0.15, -0.1) is 0 Å². The van der Waals surface area contributed by atoms with Crippen molar-refractivity contribution in [2.45, 2.75) is 37.5 Å². The Morgan fingerprint density at radius 3 is 2.08 bits per heavy atom. The molecule has 0 aliphatic rings. The molecule has 1 nitrogen and oxygen atoms in total. The molecular weight excluding hydrogens is 178 g/mol. The lowest BCUT2D eigenvalue weighted by Gasteiger charge is -2.12. The van der Waals surface area contributed by atoms with Crippen molar-refractivity contribution in [1.29, 1.82) is 0 Å². The van der Waals surface area contributed by atoms with E-state index in [0.29, 0.717) is 5.92 Å². The predicted molar refractivity (Wildman–Crippen MR) is 59.8 cm³/mol. The zero-order chi connectivity index (χ0) is 9.68. The first-order valence-corrected chi connectivity index (χ1v) is 5.66. The standard InChI is InChI=1S/C11H17NS/c1-3-9(4-2)10-5-7-11(13-12)8-6-10/h5-9H,3-4,12H2,1-2H3. The van der Waals surface area contributed by atoms with E-state index < -0.39 is 0 Å². The van der Waals surface area contributed by atoms with Gasteiger partial charge in [-0.05, 0) is 48.4 Å². The van der Waals surface area contributed by atoms with E-state index in [-0.39, 0.29) is 0 Å². The molecule has 0 bridgehead atoms.